The first kappa shape index (κ1) is 14.1. The molecule has 0 saturated heterocycles. The number of carbonyl (C=O) groups is 1. The van der Waals surface area contributed by atoms with Gasteiger partial charge in [0.2, 0.25) is 0 Å². The lowest BCUT2D eigenvalue weighted by Gasteiger charge is -2.18. The molecule has 0 amide bonds. The number of non-ortho nitro benzene ring substituents is 1. The molecule has 1 rings (SSSR count). The van der Waals surface area contributed by atoms with Gasteiger partial charge in [-0.2, -0.15) is 5.26 Å². The van der Waals surface area contributed by atoms with Crippen molar-refractivity contribution in [1.29, 1.82) is 5.26 Å². The van der Waals surface area contributed by atoms with Crippen LogP contribution in [0.3, 0.4) is 0 Å². The number of hydrogen-bond donors (Lipinski definition) is 0. The van der Waals surface area contributed by atoms with Crippen molar-refractivity contribution in [3.8, 4) is 6.07 Å². The summed E-state index contributed by atoms with van der Waals surface area (Å²) in [6.07, 6.45) is 0.135. The van der Waals surface area contributed by atoms with Gasteiger partial charge in [0.25, 0.3) is 5.69 Å². The Morgan fingerprint density at radius 1 is 1.61 bits per heavy atom. The van der Waals surface area contributed by atoms with Crippen molar-refractivity contribution in [3.63, 3.8) is 0 Å². The molecule has 0 fully saturated rings. The van der Waals surface area contributed by atoms with Crippen LogP contribution in [-0.2, 0) is 11.2 Å². The zero-order chi connectivity index (χ0) is 13.9. The summed E-state index contributed by atoms with van der Waals surface area (Å²) >= 11 is 5.92. The van der Waals surface area contributed by atoms with Crippen LogP contribution in [0.25, 0.3) is 0 Å². The van der Waals surface area contributed by atoms with Crippen molar-refractivity contribution in [3.05, 3.63) is 38.9 Å². The van der Waals surface area contributed by atoms with E-state index in [9.17, 15) is 14.9 Å². The third-order valence-corrected chi connectivity index (χ3v) is 3.17. The molecule has 0 aliphatic heterocycles. The van der Waals surface area contributed by atoms with Crippen molar-refractivity contribution in [2.24, 2.45) is 5.41 Å². The Morgan fingerprint density at radius 3 is 2.61 bits per heavy atom. The van der Waals surface area contributed by atoms with Crippen LogP contribution in [0.1, 0.15) is 19.4 Å². The predicted octanol–water partition coefficient (Wildman–Crippen LogP) is 2.91. The fourth-order valence-corrected chi connectivity index (χ4v) is 1.66. The van der Waals surface area contributed by atoms with E-state index < -0.39 is 10.3 Å². The maximum absolute atomic E-state index is 11.4. The van der Waals surface area contributed by atoms with Crippen molar-refractivity contribution in [2.45, 2.75) is 20.3 Å². The monoisotopic (exact) mass is 266 g/mol. The molecule has 0 aromatic heterocycles. The van der Waals surface area contributed by atoms with E-state index >= 15 is 0 Å². The summed E-state index contributed by atoms with van der Waals surface area (Å²) in [5, 5.41) is 19.8. The van der Waals surface area contributed by atoms with E-state index in [1.165, 1.54) is 32.0 Å². The van der Waals surface area contributed by atoms with Crippen molar-refractivity contribution >= 4 is 23.1 Å². The largest absolute Gasteiger partial charge is 0.298 e. The van der Waals surface area contributed by atoms with Gasteiger partial charge in [-0.1, -0.05) is 17.7 Å². The molecule has 6 heteroatoms. The van der Waals surface area contributed by atoms with Gasteiger partial charge in [-0.15, -0.1) is 0 Å². The summed E-state index contributed by atoms with van der Waals surface area (Å²) in [5.74, 6) is -0.264. The molecule has 0 spiro atoms. The maximum Gasteiger partial charge on any atom is 0.270 e. The van der Waals surface area contributed by atoms with E-state index in [4.69, 9.17) is 16.9 Å². The van der Waals surface area contributed by atoms with Crippen LogP contribution in [0.4, 0.5) is 5.69 Å². The third kappa shape index (κ3) is 2.84. The Bertz CT molecular complexity index is 551. The number of carbonyl (C=O) groups excluding carboxylic acids is 1. The number of ketones is 1. The standard InChI is InChI=1S/C12H11ClN2O3/c1-8(16)12(2,7-14)6-9-3-4-10(15(17)18)5-11(9)13/h3-5H,6H2,1-2H3. The van der Waals surface area contributed by atoms with Gasteiger partial charge in [0.05, 0.1) is 16.0 Å². The van der Waals surface area contributed by atoms with Crippen LogP contribution in [-0.4, -0.2) is 10.7 Å². The molecule has 0 saturated carbocycles. The minimum Gasteiger partial charge on any atom is -0.298 e. The van der Waals surface area contributed by atoms with Gasteiger partial charge in [-0.3, -0.25) is 14.9 Å². The second kappa shape index (κ2) is 5.15. The molecule has 0 N–H and O–H groups in total. The van der Waals surface area contributed by atoms with Gasteiger partial charge in [-0.05, 0) is 25.8 Å². The molecular formula is C12H11ClN2O3. The quantitative estimate of drug-likeness (QED) is 0.619. The lowest BCUT2D eigenvalue weighted by Crippen LogP contribution is -2.26. The summed E-state index contributed by atoms with van der Waals surface area (Å²) in [5.41, 5.74) is -0.744. The number of Topliss-reactive ketones (excluding diaryl/α,β-unsaturated/α-hetero) is 1. The molecule has 0 radical (unpaired) electrons. The van der Waals surface area contributed by atoms with Gasteiger partial charge in [0.1, 0.15) is 11.2 Å². The van der Waals surface area contributed by atoms with E-state index in [0.717, 1.165) is 0 Å². The van der Waals surface area contributed by atoms with Crippen LogP contribution in [0, 0.1) is 26.9 Å². The second-order valence-electron chi connectivity index (χ2n) is 4.21. The molecular weight excluding hydrogens is 256 g/mol. The number of halogens is 1. The van der Waals surface area contributed by atoms with E-state index in [1.807, 2.05) is 6.07 Å². The number of nitro benzene ring substituents is 1. The van der Waals surface area contributed by atoms with Gasteiger partial charge in [0, 0.05) is 12.1 Å². The molecule has 1 aromatic carbocycles. The summed E-state index contributed by atoms with van der Waals surface area (Å²) < 4.78 is 0. The second-order valence-corrected chi connectivity index (χ2v) is 4.62. The summed E-state index contributed by atoms with van der Waals surface area (Å²) in [6.45, 7) is 2.86. The smallest absolute Gasteiger partial charge is 0.270 e. The summed E-state index contributed by atoms with van der Waals surface area (Å²) in [4.78, 5) is 21.4. The van der Waals surface area contributed by atoms with E-state index in [-0.39, 0.29) is 22.9 Å². The number of hydrogen-bond acceptors (Lipinski definition) is 4. The average molecular weight is 267 g/mol. The fourth-order valence-electron chi connectivity index (χ4n) is 1.42. The molecule has 0 aliphatic rings. The molecule has 18 heavy (non-hydrogen) atoms. The zero-order valence-corrected chi connectivity index (χ0v) is 10.7. The topological polar surface area (TPSA) is 84.0 Å². The van der Waals surface area contributed by atoms with Crippen LogP contribution in [0.15, 0.2) is 18.2 Å². The molecule has 1 unspecified atom stereocenters. The van der Waals surface area contributed by atoms with Crippen LogP contribution in [0.5, 0.6) is 0 Å². The predicted molar refractivity (Wildman–Crippen MR) is 66.2 cm³/mol. The third-order valence-electron chi connectivity index (χ3n) is 2.82. The molecule has 1 aromatic rings. The normalized spacial score (nSPS) is 13.4. The molecule has 5 nitrogen and oxygen atoms in total. The Morgan fingerprint density at radius 2 is 2.22 bits per heavy atom. The highest BCUT2D eigenvalue weighted by Gasteiger charge is 2.31. The lowest BCUT2D eigenvalue weighted by molar-refractivity contribution is -0.384. The molecule has 0 aliphatic carbocycles. The number of nitrogens with zero attached hydrogens (tertiary/aromatic N) is 2. The Hall–Kier alpha value is -1.93. The van der Waals surface area contributed by atoms with Crippen LogP contribution in [0.2, 0.25) is 5.02 Å². The van der Waals surface area contributed by atoms with Gasteiger partial charge in [0.15, 0.2) is 0 Å². The van der Waals surface area contributed by atoms with Crippen molar-refractivity contribution < 1.29 is 9.72 Å². The SMILES string of the molecule is CC(=O)C(C)(C#N)Cc1ccc([N+](=O)[O-])cc1Cl. The zero-order valence-electron chi connectivity index (χ0n) is 9.94. The van der Waals surface area contributed by atoms with E-state index in [0.29, 0.717) is 5.56 Å². The van der Waals surface area contributed by atoms with E-state index in [2.05, 4.69) is 0 Å². The van der Waals surface area contributed by atoms with Gasteiger partial charge >= 0.3 is 0 Å². The molecule has 94 valence electrons. The maximum atomic E-state index is 11.4. The van der Waals surface area contributed by atoms with Crippen LogP contribution >= 0.6 is 11.6 Å². The van der Waals surface area contributed by atoms with Crippen molar-refractivity contribution in [1.82, 2.24) is 0 Å². The fraction of sp³-hybridized carbons (Fsp3) is 0.333. The number of benzene rings is 1. The highest BCUT2D eigenvalue weighted by molar-refractivity contribution is 6.31. The lowest BCUT2D eigenvalue weighted by atomic mass is 9.82. The van der Waals surface area contributed by atoms with Crippen LogP contribution < -0.4 is 0 Å². The molecule has 0 heterocycles. The Labute approximate surface area is 109 Å². The summed E-state index contributed by atoms with van der Waals surface area (Å²) in [6, 6.07) is 5.94. The first-order chi connectivity index (χ1) is 8.30. The highest BCUT2D eigenvalue weighted by Crippen LogP contribution is 2.29. The highest BCUT2D eigenvalue weighted by atomic mass is 35.5. The first-order valence-corrected chi connectivity index (χ1v) is 5.53. The molecule has 0 bridgehead atoms. The number of nitriles is 1. The van der Waals surface area contributed by atoms with E-state index in [1.54, 1.807) is 0 Å². The minimum absolute atomic E-state index is 0.120. The first-order valence-electron chi connectivity index (χ1n) is 5.15. The summed E-state index contributed by atoms with van der Waals surface area (Å²) in [7, 11) is 0. The number of nitro groups is 1. The number of rotatable bonds is 4. The van der Waals surface area contributed by atoms with Gasteiger partial charge < -0.3 is 0 Å². The Kier molecular flexibility index (Phi) is 4.04. The van der Waals surface area contributed by atoms with Gasteiger partial charge in [-0.25, -0.2) is 0 Å². The Balaban J connectivity index is 3.10. The minimum atomic E-state index is -1.17. The molecule has 1 atom stereocenters. The van der Waals surface area contributed by atoms with Crippen molar-refractivity contribution in [2.75, 3.05) is 0 Å². The average Bonchev–Trinajstić information content (AvgIpc) is 2.31.